The van der Waals surface area contributed by atoms with Crippen LogP contribution in [0.2, 0.25) is 5.02 Å². The van der Waals surface area contributed by atoms with Gasteiger partial charge in [-0.2, -0.15) is 0 Å². The molecule has 0 fully saturated rings. The first kappa shape index (κ1) is 25.9. The number of nitrogen functional groups attached to an aromatic ring is 1. The minimum absolute atomic E-state index is 0.0356. The van der Waals surface area contributed by atoms with Gasteiger partial charge in [0.25, 0.3) is 5.91 Å². The highest BCUT2D eigenvalue weighted by atomic mass is 35.5. The molecule has 0 aliphatic heterocycles. The van der Waals surface area contributed by atoms with E-state index in [9.17, 15) is 19.4 Å². The van der Waals surface area contributed by atoms with Crippen molar-refractivity contribution in [1.29, 1.82) is 0 Å². The van der Waals surface area contributed by atoms with Crippen molar-refractivity contribution in [2.45, 2.75) is 25.7 Å². The first-order valence-electron chi connectivity index (χ1n) is 11.5. The highest BCUT2D eigenvalue weighted by Gasteiger charge is 2.21. The van der Waals surface area contributed by atoms with E-state index in [0.717, 1.165) is 0 Å². The Morgan fingerprint density at radius 3 is 2.54 bits per heavy atom. The number of nitrogens with zero attached hydrogens (tertiary/aromatic N) is 1. The summed E-state index contributed by atoms with van der Waals surface area (Å²) in [6.45, 7) is 0.996. The number of hydrogen-bond donors (Lipinski definition) is 5. The van der Waals surface area contributed by atoms with Crippen LogP contribution in [0.3, 0.4) is 0 Å². The van der Waals surface area contributed by atoms with Crippen molar-refractivity contribution in [3.63, 3.8) is 0 Å². The fourth-order valence-corrected chi connectivity index (χ4v) is 4.08. The number of phenols is 1. The number of hydrogen-bond acceptors (Lipinski definition) is 6. The summed E-state index contributed by atoms with van der Waals surface area (Å²) in [6.07, 6.45) is -0.899. The maximum atomic E-state index is 13.4. The number of nitrogens with two attached hydrogens (primary N) is 1. The lowest BCUT2D eigenvalue weighted by molar-refractivity contribution is 0.0852. The lowest BCUT2D eigenvalue weighted by atomic mass is 10.0. The number of aromatic hydroxyl groups is 1. The molecule has 0 bridgehead atoms. The summed E-state index contributed by atoms with van der Waals surface area (Å²) in [7, 11) is 0. The average Bonchev–Trinajstić information content (AvgIpc) is 2.90. The van der Waals surface area contributed by atoms with Crippen LogP contribution in [0.1, 0.15) is 34.5 Å². The predicted octanol–water partition coefficient (Wildman–Crippen LogP) is 5.75. The molecule has 1 amide bonds. The number of anilines is 3. The molecule has 1 unspecified atom stereocenters. The summed E-state index contributed by atoms with van der Waals surface area (Å²) < 4.78 is 13.4. The van der Waals surface area contributed by atoms with Crippen molar-refractivity contribution in [2.24, 2.45) is 0 Å². The number of pyridine rings is 1. The Hall–Kier alpha value is -4.14. The summed E-state index contributed by atoms with van der Waals surface area (Å²) in [5, 5.41) is 27.3. The third kappa shape index (κ3) is 5.99. The molecule has 7 nitrogen and oxygen atoms in total. The van der Waals surface area contributed by atoms with E-state index in [2.05, 4.69) is 15.6 Å². The zero-order valence-electron chi connectivity index (χ0n) is 20.0. The molecule has 1 aromatic heterocycles. The third-order valence-corrected chi connectivity index (χ3v) is 6.14. The highest BCUT2D eigenvalue weighted by Crippen LogP contribution is 2.34. The molecule has 6 N–H and O–H groups in total. The van der Waals surface area contributed by atoms with Gasteiger partial charge >= 0.3 is 0 Å². The molecular weight excluding hydrogens is 495 g/mol. The first-order chi connectivity index (χ1) is 17.8. The van der Waals surface area contributed by atoms with Gasteiger partial charge in [-0.05, 0) is 61.0 Å². The molecule has 0 aliphatic carbocycles. The van der Waals surface area contributed by atoms with E-state index >= 15 is 0 Å². The Balaban J connectivity index is 1.53. The summed E-state index contributed by atoms with van der Waals surface area (Å²) in [5.41, 5.74) is 9.14. The zero-order valence-corrected chi connectivity index (χ0v) is 20.7. The predicted molar refractivity (Wildman–Crippen MR) is 144 cm³/mol. The zero-order chi connectivity index (χ0) is 26.5. The minimum atomic E-state index is -0.899. The molecule has 9 heteroatoms. The van der Waals surface area contributed by atoms with E-state index < -0.39 is 24.7 Å². The maximum absolute atomic E-state index is 13.4. The molecule has 1 heterocycles. The largest absolute Gasteiger partial charge is 0.507 e. The topological polar surface area (TPSA) is 120 Å². The van der Waals surface area contributed by atoms with Crippen LogP contribution in [0.25, 0.3) is 11.3 Å². The highest BCUT2D eigenvalue weighted by molar-refractivity contribution is 6.30. The molecule has 190 valence electrons. The number of nitrogens with one attached hydrogen (secondary N) is 2. The molecule has 4 rings (SSSR count). The number of carbonyl (C=O) groups excluding carboxylic acids is 1. The minimum Gasteiger partial charge on any atom is -0.507 e. The van der Waals surface area contributed by atoms with Crippen molar-refractivity contribution >= 4 is 34.7 Å². The van der Waals surface area contributed by atoms with Gasteiger partial charge in [0, 0.05) is 27.5 Å². The van der Waals surface area contributed by atoms with Crippen molar-refractivity contribution in [3.05, 3.63) is 101 Å². The van der Waals surface area contributed by atoms with E-state index in [0.29, 0.717) is 38.8 Å². The van der Waals surface area contributed by atoms with Crippen LogP contribution in [0.5, 0.6) is 5.75 Å². The van der Waals surface area contributed by atoms with Crippen LogP contribution in [0, 0.1) is 0 Å². The average molecular weight is 521 g/mol. The van der Waals surface area contributed by atoms with Gasteiger partial charge in [-0.1, -0.05) is 41.9 Å². The second-order valence-electron chi connectivity index (χ2n) is 8.54. The third-order valence-electron chi connectivity index (χ3n) is 5.91. The Labute approximate surface area is 218 Å². The van der Waals surface area contributed by atoms with Gasteiger partial charge in [0.1, 0.15) is 18.2 Å². The number of aromatic nitrogens is 1. The molecule has 4 aromatic rings. The van der Waals surface area contributed by atoms with Crippen LogP contribution in [0.4, 0.5) is 21.6 Å². The first-order valence-corrected chi connectivity index (χ1v) is 11.9. The smallest absolute Gasteiger partial charge is 0.255 e. The second kappa shape index (κ2) is 11.3. The van der Waals surface area contributed by atoms with Crippen LogP contribution in [0.15, 0.2) is 78.9 Å². The SMILES string of the molecule is CC(NC(=O)c1ccc(-c2cc(Nc3ccc(Cl)cc3CF)ccc2O)nc1N)[C@@H](O)c1ccccc1. The number of rotatable bonds is 8. The Bertz CT molecular complexity index is 1420. The number of benzene rings is 3. The molecule has 0 radical (unpaired) electrons. The number of phenolic OH excluding ortho intramolecular Hbond substituents is 1. The van der Waals surface area contributed by atoms with Crippen LogP contribution < -0.4 is 16.4 Å². The van der Waals surface area contributed by atoms with Gasteiger partial charge in [-0.15, -0.1) is 0 Å². The van der Waals surface area contributed by atoms with Crippen molar-refractivity contribution in [3.8, 4) is 17.0 Å². The van der Waals surface area contributed by atoms with Gasteiger partial charge in [0.2, 0.25) is 0 Å². The summed E-state index contributed by atoms with van der Waals surface area (Å²) in [5.74, 6) is -0.567. The van der Waals surface area contributed by atoms with E-state index in [-0.39, 0.29) is 17.1 Å². The van der Waals surface area contributed by atoms with Crippen molar-refractivity contribution in [1.82, 2.24) is 10.3 Å². The van der Waals surface area contributed by atoms with Gasteiger partial charge in [0.15, 0.2) is 0 Å². The van der Waals surface area contributed by atoms with Crippen LogP contribution >= 0.6 is 11.6 Å². The van der Waals surface area contributed by atoms with Crippen LogP contribution in [-0.4, -0.2) is 27.1 Å². The van der Waals surface area contributed by atoms with E-state index in [1.165, 1.54) is 18.2 Å². The molecule has 37 heavy (non-hydrogen) atoms. The molecule has 0 saturated carbocycles. The lowest BCUT2D eigenvalue weighted by Crippen LogP contribution is -2.37. The molecular formula is C28H26ClFN4O3. The number of alkyl halides is 1. The molecule has 0 aliphatic rings. The standard InChI is InChI=1S/C28H26ClFN4O3/c1-16(26(36)17-5-3-2-4-6-17)32-28(37)21-9-11-24(34-27(21)31)22-14-20(8-12-25(22)35)33-23-10-7-19(29)13-18(23)15-30/h2-14,16,26,33,35-36H,15H2,1H3,(H2,31,34)(H,32,37)/t16?,26-/m1/s1. The molecule has 3 aromatic carbocycles. The van der Waals surface area contributed by atoms with Gasteiger partial charge in [-0.3, -0.25) is 4.79 Å². The fraction of sp³-hybridized carbons (Fsp3) is 0.143. The number of halogens is 2. The number of carbonyl (C=O) groups is 1. The quantitative estimate of drug-likeness (QED) is 0.188. The number of aliphatic hydroxyl groups is 1. The van der Waals surface area contributed by atoms with Gasteiger partial charge < -0.3 is 26.6 Å². The summed E-state index contributed by atoms with van der Waals surface area (Å²) in [4.78, 5) is 17.1. The normalized spacial score (nSPS) is 12.5. The molecule has 2 atom stereocenters. The van der Waals surface area contributed by atoms with Crippen molar-refractivity contribution < 1.29 is 19.4 Å². The Kier molecular flexibility index (Phi) is 7.91. The summed E-state index contributed by atoms with van der Waals surface area (Å²) in [6, 6.07) is 21.1. The van der Waals surface area contributed by atoms with E-state index in [1.807, 2.05) is 18.2 Å². The summed E-state index contributed by atoms with van der Waals surface area (Å²) >= 11 is 5.96. The number of aliphatic hydroxyl groups excluding tert-OH is 1. The molecule has 0 saturated heterocycles. The van der Waals surface area contributed by atoms with Gasteiger partial charge in [0.05, 0.1) is 23.4 Å². The van der Waals surface area contributed by atoms with Gasteiger partial charge in [-0.25, -0.2) is 9.37 Å². The van der Waals surface area contributed by atoms with Crippen molar-refractivity contribution in [2.75, 3.05) is 11.1 Å². The Morgan fingerprint density at radius 1 is 1.08 bits per heavy atom. The van der Waals surface area contributed by atoms with E-state index in [1.54, 1.807) is 49.4 Å². The monoisotopic (exact) mass is 520 g/mol. The second-order valence-corrected chi connectivity index (χ2v) is 8.98. The van der Waals surface area contributed by atoms with E-state index in [4.69, 9.17) is 17.3 Å². The molecule has 0 spiro atoms. The lowest BCUT2D eigenvalue weighted by Gasteiger charge is -2.21. The fourth-order valence-electron chi connectivity index (χ4n) is 3.89. The van der Waals surface area contributed by atoms with Crippen LogP contribution in [-0.2, 0) is 6.67 Å². The Morgan fingerprint density at radius 2 is 1.84 bits per heavy atom. The maximum Gasteiger partial charge on any atom is 0.255 e. The number of amides is 1.